The lowest BCUT2D eigenvalue weighted by atomic mass is 10.2. The van der Waals surface area contributed by atoms with E-state index < -0.39 is 0 Å². The topological polar surface area (TPSA) is 45.9 Å². The summed E-state index contributed by atoms with van der Waals surface area (Å²) in [6.45, 7) is 2.85. The van der Waals surface area contributed by atoms with E-state index in [1.807, 2.05) is 6.07 Å². The van der Waals surface area contributed by atoms with Gasteiger partial charge in [-0.1, -0.05) is 45.2 Å². The second-order valence-electron chi connectivity index (χ2n) is 7.40. The van der Waals surface area contributed by atoms with E-state index in [0.717, 1.165) is 4.47 Å². The van der Waals surface area contributed by atoms with Gasteiger partial charge in [0.25, 0.3) is 5.91 Å². The lowest BCUT2D eigenvalue weighted by Gasteiger charge is -2.34. The van der Waals surface area contributed by atoms with Crippen molar-refractivity contribution in [3.05, 3.63) is 86.0 Å². The number of furan rings is 1. The minimum absolute atomic E-state index is 0.159. The highest BCUT2D eigenvalue weighted by Crippen LogP contribution is 2.28. The van der Waals surface area contributed by atoms with Crippen molar-refractivity contribution in [2.45, 2.75) is 13.2 Å². The molecule has 5 nitrogen and oxygen atoms in total. The number of nitrogens with zero attached hydrogens (tertiary/aromatic N) is 2. The maximum atomic E-state index is 14.0. The van der Waals surface area contributed by atoms with Crippen molar-refractivity contribution < 1.29 is 18.3 Å². The van der Waals surface area contributed by atoms with Crippen LogP contribution in [0.3, 0.4) is 0 Å². The highest BCUT2D eigenvalue weighted by atomic mass is 79.9. The number of ether oxygens (including phenoxy) is 1. The van der Waals surface area contributed by atoms with Gasteiger partial charge in [0.2, 0.25) is 0 Å². The Kier molecular flexibility index (Phi) is 7.40. The van der Waals surface area contributed by atoms with Gasteiger partial charge in [0.1, 0.15) is 23.9 Å². The monoisotopic (exact) mass is 540 g/mol. The van der Waals surface area contributed by atoms with E-state index in [0.29, 0.717) is 59.8 Å². The summed E-state index contributed by atoms with van der Waals surface area (Å²) in [5.41, 5.74) is 0.482. The zero-order valence-electron chi connectivity index (χ0n) is 17.0. The molecule has 4 rings (SSSR count). The molecule has 1 aliphatic heterocycles. The highest BCUT2D eigenvalue weighted by molar-refractivity contribution is 9.10. The van der Waals surface area contributed by atoms with E-state index in [-0.39, 0.29) is 24.1 Å². The Morgan fingerprint density at radius 2 is 1.84 bits per heavy atom. The first-order valence-electron chi connectivity index (χ1n) is 10.0. The molecule has 0 atom stereocenters. The standard InChI is InChI=1S/C23H20BrCl2FN2O3/c24-15-4-6-21(19(26)12-15)31-14-16-5-7-22(32-16)23(30)29-10-8-28(9-11-29)13-17-18(25)2-1-3-20(17)27/h1-7,12H,8-11,13-14H2. The minimum atomic E-state index is -0.314. The molecule has 0 bridgehead atoms. The van der Waals surface area contributed by atoms with Crippen LogP contribution in [0.5, 0.6) is 5.75 Å². The van der Waals surface area contributed by atoms with Gasteiger partial charge >= 0.3 is 0 Å². The van der Waals surface area contributed by atoms with Gasteiger partial charge in [-0.2, -0.15) is 0 Å². The van der Waals surface area contributed by atoms with Crippen molar-refractivity contribution in [2.24, 2.45) is 0 Å². The molecule has 0 saturated carbocycles. The molecule has 1 amide bonds. The Labute approximate surface area is 203 Å². The molecule has 0 N–H and O–H groups in total. The fourth-order valence-corrected chi connectivity index (χ4v) is 4.43. The lowest BCUT2D eigenvalue weighted by molar-refractivity contribution is 0.0593. The lowest BCUT2D eigenvalue weighted by Crippen LogP contribution is -2.48. The van der Waals surface area contributed by atoms with Crippen LogP contribution in [0.15, 0.2) is 57.4 Å². The fraction of sp³-hybridized carbons (Fsp3) is 0.261. The molecule has 32 heavy (non-hydrogen) atoms. The van der Waals surface area contributed by atoms with Crippen LogP contribution in [0.25, 0.3) is 0 Å². The molecule has 0 unspecified atom stereocenters. The number of amides is 1. The van der Waals surface area contributed by atoms with Crippen LogP contribution in [0.1, 0.15) is 21.9 Å². The van der Waals surface area contributed by atoms with E-state index in [1.165, 1.54) is 6.07 Å². The smallest absolute Gasteiger partial charge is 0.289 e. The van der Waals surface area contributed by atoms with Gasteiger partial charge in [0.15, 0.2) is 5.76 Å². The van der Waals surface area contributed by atoms with Crippen LogP contribution in [0.4, 0.5) is 4.39 Å². The largest absolute Gasteiger partial charge is 0.484 e. The number of hydrogen-bond donors (Lipinski definition) is 0. The quantitative estimate of drug-likeness (QED) is 0.382. The first-order chi connectivity index (χ1) is 15.4. The average Bonchev–Trinajstić information content (AvgIpc) is 3.25. The molecule has 1 saturated heterocycles. The Balaban J connectivity index is 1.30. The first-order valence-corrected chi connectivity index (χ1v) is 11.6. The van der Waals surface area contributed by atoms with Gasteiger partial charge < -0.3 is 14.1 Å². The molecule has 2 heterocycles. The summed E-state index contributed by atoms with van der Waals surface area (Å²) in [6.07, 6.45) is 0. The van der Waals surface area contributed by atoms with Crippen LogP contribution in [-0.2, 0) is 13.2 Å². The van der Waals surface area contributed by atoms with E-state index >= 15 is 0 Å². The first kappa shape index (κ1) is 23.1. The maximum absolute atomic E-state index is 14.0. The summed E-state index contributed by atoms with van der Waals surface area (Å²) in [5, 5.41) is 0.898. The van der Waals surface area contributed by atoms with Gasteiger partial charge in [-0.15, -0.1) is 0 Å². The third-order valence-corrected chi connectivity index (χ3v) is 6.38. The highest BCUT2D eigenvalue weighted by Gasteiger charge is 2.25. The van der Waals surface area contributed by atoms with Gasteiger partial charge in [0, 0.05) is 47.8 Å². The maximum Gasteiger partial charge on any atom is 0.289 e. The predicted octanol–water partition coefficient (Wildman–Crippen LogP) is 6.03. The third kappa shape index (κ3) is 5.46. The second kappa shape index (κ2) is 10.3. The molecule has 1 aliphatic rings. The van der Waals surface area contributed by atoms with Gasteiger partial charge in [-0.25, -0.2) is 4.39 Å². The van der Waals surface area contributed by atoms with E-state index in [1.54, 1.807) is 41.3 Å². The number of hydrogen-bond acceptors (Lipinski definition) is 4. The summed E-state index contributed by atoms with van der Waals surface area (Å²) in [6, 6.07) is 13.4. The van der Waals surface area contributed by atoms with Gasteiger partial charge in [0.05, 0.1) is 5.02 Å². The molecular formula is C23H20BrCl2FN2O3. The van der Waals surface area contributed by atoms with Crippen LogP contribution in [0, 0.1) is 5.82 Å². The summed E-state index contributed by atoms with van der Waals surface area (Å²) in [5.74, 6) is 0.828. The fourth-order valence-electron chi connectivity index (χ4n) is 3.48. The number of benzene rings is 2. The average molecular weight is 542 g/mol. The van der Waals surface area contributed by atoms with Crippen molar-refractivity contribution >= 4 is 45.0 Å². The zero-order valence-corrected chi connectivity index (χ0v) is 20.1. The van der Waals surface area contributed by atoms with Crippen molar-refractivity contribution in [3.63, 3.8) is 0 Å². The second-order valence-corrected chi connectivity index (χ2v) is 9.13. The number of halogens is 4. The van der Waals surface area contributed by atoms with Crippen LogP contribution in [-0.4, -0.2) is 41.9 Å². The molecule has 1 fully saturated rings. The molecule has 9 heteroatoms. The Bertz CT molecular complexity index is 1100. The SMILES string of the molecule is O=C(c1ccc(COc2ccc(Br)cc2Cl)o1)N1CCN(Cc2c(F)cccc2Cl)CC1. The van der Waals surface area contributed by atoms with E-state index in [9.17, 15) is 9.18 Å². The Morgan fingerprint density at radius 1 is 1.06 bits per heavy atom. The number of carbonyl (C=O) groups is 1. The van der Waals surface area contributed by atoms with E-state index in [2.05, 4.69) is 20.8 Å². The molecular weight excluding hydrogens is 522 g/mol. The van der Waals surface area contributed by atoms with Crippen LogP contribution >= 0.6 is 39.1 Å². The molecule has 1 aromatic heterocycles. The summed E-state index contributed by atoms with van der Waals surface area (Å²) >= 11 is 15.6. The summed E-state index contributed by atoms with van der Waals surface area (Å²) in [4.78, 5) is 16.6. The minimum Gasteiger partial charge on any atom is -0.484 e. The van der Waals surface area contributed by atoms with Crippen molar-refractivity contribution in [1.82, 2.24) is 9.80 Å². The molecule has 2 aromatic carbocycles. The van der Waals surface area contributed by atoms with E-state index in [4.69, 9.17) is 32.4 Å². The number of carbonyl (C=O) groups excluding carboxylic acids is 1. The Hall–Kier alpha value is -2.06. The van der Waals surface area contributed by atoms with Gasteiger partial charge in [-0.05, 0) is 42.5 Å². The molecule has 168 valence electrons. The van der Waals surface area contributed by atoms with Crippen molar-refractivity contribution in [2.75, 3.05) is 26.2 Å². The molecule has 0 aliphatic carbocycles. The van der Waals surface area contributed by atoms with Crippen LogP contribution in [0.2, 0.25) is 10.0 Å². The molecule has 0 radical (unpaired) electrons. The predicted molar refractivity (Wildman–Crippen MR) is 125 cm³/mol. The zero-order chi connectivity index (χ0) is 22.7. The Morgan fingerprint density at radius 3 is 2.56 bits per heavy atom. The third-order valence-electron chi connectivity index (χ3n) is 5.24. The molecule has 0 spiro atoms. The van der Waals surface area contributed by atoms with Crippen molar-refractivity contribution in [3.8, 4) is 5.75 Å². The summed E-state index contributed by atoms with van der Waals surface area (Å²) < 4.78 is 26.3. The number of rotatable bonds is 6. The van der Waals surface area contributed by atoms with Crippen LogP contribution < -0.4 is 4.74 Å². The van der Waals surface area contributed by atoms with Crippen molar-refractivity contribution in [1.29, 1.82) is 0 Å². The molecule has 3 aromatic rings. The van der Waals surface area contributed by atoms with Gasteiger partial charge in [-0.3, -0.25) is 9.69 Å². The normalized spacial score (nSPS) is 14.6. The summed E-state index contributed by atoms with van der Waals surface area (Å²) in [7, 11) is 0. The number of piperazine rings is 1.